The molecule has 0 atom stereocenters. The number of likely N-dealkylation sites (N-methyl/N-ethyl adjacent to an activating group) is 1. The average Bonchev–Trinajstić information content (AvgIpc) is 2.92. The van der Waals surface area contributed by atoms with Gasteiger partial charge in [-0.25, -0.2) is 0 Å². The first kappa shape index (κ1) is 14.5. The average molecular weight is 293 g/mol. The summed E-state index contributed by atoms with van der Waals surface area (Å²) in [6.07, 6.45) is 6.18. The third kappa shape index (κ3) is 2.78. The highest BCUT2D eigenvalue weighted by Crippen LogP contribution is 2.23. The van der Waals surface area contributed by atoms with Gasteiger partial charge in [-0.2, -0.15) is 0 Å². The highest BCUT2D eigenvalue weighted by molar-refractivity contribution is 6.02. The molecule has 1 aromatic carbocycles. The molecule has 22 heavy (non-hydrogen) atoms. The second-order valence-electron chi connectivity index (χ2n) is 5.64. The largest absolute Gasteiger partial charge is 0.309 e. The fraction of sp³-hybridized carbons (Fsp3) is 0.222. The predicted molar refractivity (Wildman–Crippen MR) is 88.2 cm³/mol. The minimum atomic E-state index is -0.0188. The van der Waals surface area contributed by atoms with Gasteiger partial charge in [-0.3, -0.25) is 14.3 Å². The second kappa shape index (κ2) is 6.12. The molecule has 3 rings (SSSR count). The fourth-order valence-corrected chi connectivity index (χ4v) is 2.60. The van der Waals surface area contributed by atoms with Crippen molar-refractivity contribution in [3.8, 4) is 0 Å². The summed E-state index contributed by atoms with van der Waals surface area (Å²) in [6.45, 7) is 0.956. The number of hydrogen-bond donors (Lipinski definition) is 0. The number of fused-ring (bicyclic) bond motifs is 1. The Kier molecular flexibility index (Phi) is 4.02. The van der Waals surface area contributed by atoms with Crippen LogP contribution in [-0.2, 0) is 6.42 Å². The van der Waals surface area contributed by atoms with E-state index in [2.05, 4.69) is 30.0 Å². The summed E-state index contributed by atoms with van der Waals surface area (Å²) in [5.74, 6) is -0.0188. The third-order valence-corrected chi connectivity index (χ3v) is 3.77. The zero-order valence-corrected chi connectivity index (χ0v) is 12.9. The Labute approximate surface area is 130 Å². The molecule has 0 N–H and O–H groups in total. The minimum absolute atomic E-state index is 0.0188. The molecule has 0 aliphatic heterocycles. The van der Waals surface area contributed by atoms with Gasteiger partial charge in [-0.1, -0.05) is 18.2 Å². The topological polar surface area (TPSA) is 38.1 Å². The molecule has 112 valence electrons. The van der Waals surface area contributed by atoms with Crippen LogP contribution in [0.15, 0.2) is 55.0 Å². The number of nitrogens with zero attached hydrogens (tertiary/aromatic N) is 3. The Balaban J connectivity index is 2.04. The Morgan fingerprint density at radius 1 is 1.14 bits per heavy atom. The summed E-state index contributed by atoms with van der Waals surface area (Å²) in [5.41, 5.74) is 2.81. The zero-order valence-electron chi connectivity index (χ0n) is 12.9. The maximum absolute atomic E-state index is 12.7. The van der Waals surface area contributed by atoms with E-state index in [-0.39, 0.29) is 5.91 Å². The Morgan fingerprint density at radius 2 is 1.86 bits per heavy atom. The first-order valence-electron chi connectivity index (χ1n) is 7.35. The van der Waals surface area contributed by atoms with Gasteiger partial charge in [0, 0.05) is 36.1 Å². The lowest BCUT2D eigenvalue weighted by atomic mass is 10.1. The molecule has 0 spiro atoms. The summed E-state index contributed by atoms with van der Waals surface area (Å²) < 4.78 is 1.75. The lowest BCUT2D eigenvalue weighted by Gasteiger charge is -2.07. The van der Waals surface area contributed by atoms with Crippen molar-refractivity contribution in [2.45, 2.75) is 6.42 Å². The van der Waals surface area contributed by atoms with Crippen LogP contribution in [0.4, 0.5) is 0 Å². The number of benzene rings is 1. The van der Waals surface area contributed by atoms with Crippen LogP contribution in [0.1, 0.15) is 15.9 Å². The maximum atomic E-state index is 12.7. The van der Waals surface area contributed by atoms with E-state index in [4.69, 9.17) is 0 Å². The molecule has 3 aromatic rings. The first-order valence-corrected chi connectivity index (χ1v) is 7.35. The summed E-state index contributed by atoms with van der Waals surface area (Å²) in [5, 5.41) is 1.15. The van der Waals surface area contributed by atoms with Crippen LogP contribution in [0.2, 0.25) is 0 Å². The summed E-state index contributed by atoms with van der Waals surface area (Å²) in [7, 11) is 4.11. The lowest BCUT2D eigenvalue weighted by molar-refractivity contribution is 0.0964. The normalized spacial score (nSPS) is 11.2. The van der Waals surface area contributed by atoms with Crippen LogP contribution in [0, 0.1) is 0 Å². The monoisotopic (exact) mass is 293 g/mol. The number of carbonyl (C=O) groups is 1. The van der Waals surface area contributed by atoms with Crippen LogP contribution in [0.3, 0.4) is 0 Å². The van der Waals surface area contributed by atoms with Crippen molar-refractivity contribution in [1.82, 2.24) is 14.5 Å². The molecule has 2 aromatic heterocycles. The summed E-state index contributed by atoms with van der Waals surface area (Å²) >= 11 is 0. The van der Waals surface area contributed by atoms with E-state index in [0.717, 1.165) is 23.9 Å². The van der Waals surface area contributed by atoms with Crippen LogP contribution < -0.4 is 0 Å². The van der Waals surface area contributed by atoms with Gasteiger partial charge in [0.05, 0.1) is 5.52 Å². The Bertz CT molecular complexity index is 790. The van der Waals surface area contributed by atoms with E-state index in [9.17, 15) is 4.79 Å². The highest BCUT2D eigenvalue weighted by Gasteiger charge is 2.14. The molecule has 2 heterocycles. The highest BCUT2D eigenvalue weighted by atomic mass is 16.2. The second-order valence-corrected chi connectivity index (χ2v) is 5.64. The molecule has 4 nitrogen and oxygen atoms in total. The van der Waals surface area contributed by atoms with Crippen molar-refractivity contribution in [2.75, 3.05) is 20.6 Å². The van der Waals surface area contributed by atoms with E-state index < -0.39 is 0 Å². The lowest BCUT2D eigenvalue weighted by Crippen LogP contribution is -2.15. The van der Waals surface area contributed by atoms with Crippen molar-refractivity contribution >= 4 is 16.8 Å². The molecule has 0 fully saturated rings. The molecular weight excluding hydrogens is 274 g/mol. The molecule has 4 heteroatoms. The van der Waals surface area contributed by atoms with E-state index in [0.29, 0.717) is 5.56 Å². The van der Waals surface area contributed by atoms with Crippen molar-refractivity contribution < 1.29 is 4.79 Å². The van der Waals surface area contributed by atoms with E-state index >= 15 is 0 Å². The first-order chi connectivity index (χ1) is 10.7. The van der Waals surface area contributed by atoms with E-state index in [1.165, 1.54) is 5.56 Å². The van der Waals surface area contributed by atoms with Crippen LogP contribution in [-0.4, -0.2) is 41.0 Å². The number of pyridine rings is 1. The van der Waals surface area contributed by atoms with Gasteiger partial charge in [0.15, 0.2) is 0 Å². The quantitative estimate of drug-likeness (QED) is 0.742. The molecule has 0 saturated carbocycles. The minimum Gasteiger partial charge on any atom is -0.309 e. The zero-order chi connectivity index (χ0) is 15.5. The van der Waals surface area contributed by atoms with E-state index in [1.54, 1.807) is 29.1 Å². The van der Waals surface area contributed by atoms with Gasteiger partial charge < -0.3 is 4.90 Å². The Hall–Kier alpha value is -2.46. The SMILES string of the molecule is CN(C)CCc1cn(C(=O)c2ccncc2)c2ccccc12. The fourth-order valence-electron chi connectivity index (χ4n) is 2.60. The summed E-state index contributed by atoms with van der Waals surface area (Å²) in [6, 6.07) is 11.6. The maximum Gasteiger partial charge on any atom is 0.262 e. The molecule has 0 saturated heterocycles. The standard InChI is InChI=1S/C18H19N3O/c1-20(2)12-9-15-13-21(17-6-4-3-5-16(15)17)18(22)14-7-10-19-11-8-14/h3-8,10-11,13H,9,12H2,1-2H3. The summed E-state index contributed by atoms with van der Waals surface area (Å²) in [4.78, 5) is 18.9. The number of carbonyl (C=O) groups excluding carboxylic acids is 1. The van der Waals surface area contributed by atoms with Crippen molar-refractivity contribution in [3.63, 3.8) is 0 Å². The van der Waals surface area contributed by atoms with E-state index in [1.807, 2.05) is 24.4 Å². The van der Waals surface area contributed by atoms with Crippen molar-refractivity contribution in [3.05, 3.63) is 66.1 Å². The number of rotatable bonds is 4. The Morgan fingerprint density at radius 3 is 2.59 bits per heavy atom. The van der Waals surface area contributed by atoms with Crippen LogP contribution >= 0.6 is 0 Å². The van der Waals surface area contributed by atoms with Gasteiger partial charge in [0.2, 0.25) is 0 Å². The van der Waals surface area contributed by atoms with Crippen LogP contribution in [0.25, 0.3) is 10.9 Å². The number of aromatic nitrogens is 2. The number of hydrogen-bond acceptors (Lipinski definition) is 3. The van der Waals surface area contributed by atoms with Gasteiger partial charge in [0.1, 0.15) is 0 Å². The molecule has 0 aliphatic rings. The molecule has 0 unspecified atom stereocenters. The van der Waals surface area contributed by atoms with Gasteiger partial charge in [-0.05, 0) is 44.3 Å². The predicted octanol–water partition coefficient (Wildman–Crippen LogP) is 2.83. The third-order valence-electron chi connectivity index (χ3n) is 3.77. The van der Waals surface area contributed by atoms with Gasteiger partial charge >= 0.3 is 0 Å². The van der Waals surface area contributed by atoms with Crippen molar-refractivity contribution in [1.29, 1.82) is 0 Å². The van der Waals surface area contributed by atoms with Crippen molar-refractivity contribution in [2.24, 2.45) is 0 Å². The molecular formula is C18H19N3O. The van der Waals surface area contributed by atoms with Crippen LogP contribution in [0.5, 0.6) is 0 Å². The van der Waals surface area contributed by atoms with Gasteiger partial charge in [-0.15, -0.1) is 0 Å². The molecule has 0 aliphatic carbocycles. The smallest absolute Gasteiger partial charge is 0.262 e. The molecule has 0 radical (unpaired) electrons. The van der Waals surface area contributed by atoms with Gasteiger partial charge in [0.25, 0.3) is 5.91 Å². The molecule has 0 amide bonds. The molecule has 0 bridgehead atoms. The number of para-hydroxylation sites is 1.